The number of amides is 8. The molecule has 0 fully saturated rings. The van der Waals surface area contributed by atoms with Crippen molar-refractivity contribution in [1.82, 2.24) is 55.8 Å². The summed E-state index contributed by atoms with van der Waals surface area (Å²) in [6, 6.07) is 2.88. The quantitative estimate of drug-likeness (QED) is 0.125. The normalized spacial score (nSPS) is 25.0. The Bertz CT molecular complexity index is 3100. The number of para-hydroxylation sites is 3. The number of hydrogen-bond acceptors (Lipinski definition) is 16. The van der Waals surface area contributed by atoms with E-state index in [1.54, 1.807) is 62.4 Å². The molecule has 24 nitrogen and oxygen atoms in total. The van der Waals surface area contributed by atoms with E-state index in [1.807, 2.05) is 27.7 Å². The number of rotatable bonds is 8. The van der Waals surface area contributed by atoms with E-state index in [2.05, 4.69) is 36.2 Å². The number of benzene rings is 2. The Kier molecular flexibility index (Phi) is 20.2. The highest BCUT2D eigenvalue weighted by Gasteiger charge is 2.43. The zero-order chi connectivity index (χ0) is 59.7. The Morgan fingerprint density at radius 1 is 0.593 bits per heavy atom. The van der Waals surface area contributed by atoms with Gasteiger partial charge in [-0.25, -0.2) is 19.6 Å². The van der Waals surface area contributed by atoms with Crippen LogP contribution in [0.4, 0.5) is 0 Å². The SMILES string of the molecule is CC(C)C(C)[C@H]1C(=O)OC[C@@H](NC(=O)c2nc3ccccc3cc2O)C(=O)N[C@@H](C)C(=O)N(C)[C@H]2C/C=C\C[C@@H](C(=O)N1C)N(C)C(=O)[C@H](C)NC(=O)[C@H](NC(=O)c1cnc3ccccc3n1)COC(=O)[C@H](C(C)C(C)C)N(C)C2=O. The number of carbonyl (C=O) groups excluding carboxylic acids is 10. The molecule has 2 aliphatic rings. The van der Waals surface area contributed by atoms with E-state index < -0.39 is 144 Å². The van der Waals surface area contributed by atoms with Crippen LogP contribution in [0.3, 0.4) is 0 Å². The number of cyclic esters (lactones) is 2. The maximum atomic E-state index is 15.1. The van der Waals surface area contributed by atoms with Gasteiger partial charge in [-0.05, 0) is 74.6 Å². The summed E-state index contributed by atoms with van der Waals surface area (Å²) in [5, 5.41) is 21.6. The third kappa shape index (κ3) is 14.3. The molecule has 0 aliphatic carbocycles. The van der Waals surface area contributed by atoms with Gasteiger partial charge in [-0.1, -0.05) is 84.0 Å². The number of aromatic nitrogens is 3. The number of fused-ring (bicyclic) bond motifs is 6. The molecular weight excluding hydrogens is 1050 g/mol. The summed E-state index contributed by atoms with van der Waals surface area (Å²) in [6.45, 7) is 11.7. The smallest absolute Gasteiger partial charge is 0.329 e. The fourth-order valence-electron chi connectivity index (χ4n) is 9.56. The third-order valence-electron chi connectivity index (χ3n) is 15.3. The second-order valence-electron chi connectivity index (χ2n) is 21.4. The van der Waals surface area contributed by atoms with Crippen molar-refractivity contribution < 1.29 is 62.5 Å². The van der Waals surface area contributed by atoms with E-state index in [0.717, 1.165) is 19.6 Å². The zero-order valence-corrected chi connectivity index (χ0v) is 47.7. The Morgan fingerprint density at radius 2 is 1.02 bits per heavy atom. The number of carbonyl (C=O) groups is 10. The number of aromatic hydroxyl groups is 1. The lowest BCUT2D eigenvalue weighted by atomic mass is 9.88. The van der Waals surface area contributed by atoms with Gasteiger partial charge in [-0.15, -0.1) is 0 Å². The number of esters is 2. The number of nitrogens with one attached hydrogen (secondary N) is 4. The first-order valence-corrected chi connectivity index (χ1v) is 26.8. The van der Waals surface area contributed by atoms with Crippen LogP contribution >= 0.6 is 0 Å². The van der Waals surface area contributed by atoms with Gasteiger partial charge in [0.15, 0.2) is 5.69 Å². The zero-order valence-electron chi connectivity index (χ0n) is 47.7. The number of ether oxygens (including phenoxy) is 2. The number of hydrogen-bond donors (Lipinski definition) is 5. The van der Waals surface area contributed by atoms with Crippen molar-refractivity contribution in [2.75, 3.05) is 41.4 Å². The van der Waals surface area contributed by atoms with Crippen LogP contribution in [-0.2, 0) is 47.8 Å². The summed E-state index contributed by atoms with van der Waals surface area (Å²) in [4.78, 5) is 162. The number of likely N-dealkylation sites (N-methyl/N-ethyl adjacent to an activating group) is 4. The minimum Gasteiger partial charge on any atom is -0.505 e. The monoisotopic (exact) mass is 1120 g/mol. The fraction of sp³-hybridized carbons (Fsp3) is 0.491. The van der Waals surface area contributed by atoms with Gasteiger partial charge < -0.3 is 55.4 Å². The minimum absolute atomic E-state index is 0.188. The molecule has 24 heteroatoms. The molecule has 0 saturated heterocycles. The lowest BCUT2D eigenvalue weighted by Crippen LogP contribution is -2.60. The summed E-state index contributed by atoms with van der Waals surface area (Å²) < 4.78 is 11.7. The molecule has 2 aromatic carbocycles. The van der Waals surface area contributed by atoms with Crippen molar-refractivity contribution >= 4 is 81.1 Å². The Balaban J connectivity index is 1.45. The molecule has 0 spiro atoms. The average molecular weight is 1120 g/mol. The maximum Gasteiger partial charge on any atom is 0.329 e. The van der Waals surface area contributed by atoms with Gasteiger partial charge in [-0.3, -0.25) is 43.3 Å². The third-order valence-corrected chi connectivity index (χ3v) is 15.3. The topological polar surface area (TPSA) is 309 Å². The van der Waals surface area contributed by atoms with Gasteiger partial charge in [0.1, 0.15) is 73.0 Å². The highest BCUT2D eigenvalue weighted by Crippen LogP contribution is 2.27. The van der Waals surface area contributed by atoms with Gasteiger partial charge in [-0.2, -0.15) is 0 Å². The van der Waals surface area contributed by atoms with E-state index in [9.17, 15) is 43.5 Å². The Hall–Kier alpha value is -8.57. The largest absolute Gasteiger partial charge is 0.505 e. The summed E-state index contributed by atoms with van der Waals surface area (Å²) in [5.74, 6) is -11.4. The van der Waals surface area contributed by atoms with Gasteiger partial charge >= 0.3 is 11.9 Å². The van der Waals surface area contributed by atoms with E-state index in [-0.39, 0.29) is 30.4 Å². The first-order chi connectivity index (χ1) is 38.2. The molecule has 0 saturated carbocycles. The van der Waals surface area contributed by atoms with Gasteiger partial charge in [0.25, 0.3) is 11.8 Å². The minimum atomic E-state index is -1.76. The lowest BCUT2D eigenvalue weighted by molar-refractivity contribution is -0.161. The summed E-state index contributed by atoms with van der Waals surface area (Å²) in [5.41, 5.74) is 0.544. The Morgan fingerprint density at radius 3 is 1.49 bits per heavy atom. The Labute approximate surface area is 469 Å². The van der Waals surface area contributed by atoms with Crippen LogP contribution in [0.5, 0.6) is 5.75 Å². The molecule has 4 heterocycles. The van der Waals surface area contributed by atoms with E-state index in [4.69, 9.17) is 9.47 Å². The molecule has 434 valence electrons. The predicted octanol–water partition coefficient (Wildman–Crippen LogP) is 2.13. The van der Waals surface area contributed by atoms with Gasteiger partial charge in [0.05, 0.1) is 22.7 Å². The average Bonchev–Trinajstić information content (AvgIpc) is 3.46. The molecule has 6 rings (SSSR count). The summed E-state index contributed by atoms with van der Waals surface area (Å²) in [6.07, 6.45) is 3.78. The fourth-order valence-corrected chi connectivity index (χ4v) is 9.56. The van der Waals surface area contributed by atoms with Gasteiger partial charge in [0.2, 0.25) is 35.4 Å². The van der Waals surface area contributed by atoms with Crippen LogP contribution in [0.2, 0.25) is 0 Å². The molecule has 10 atom stereocenters. The molecule has 0 radical (unpaired) electrons. The summed E-state index contributed by atoms with van der Waals surface area (Å²) >= 11 is 0. The molecule has 2 aliphatic heterocycles. The van der Waals surface area contributed by atoms with Crippen molar-refractivity contribution in [1.29, 1.82) is 0 Å². The van der Waals surface area contributed by atoms with E-state index >= 15 is 9.59 Å². The van der Waals surface area contributed by atoms with Gasteiger partial charge in [0, 0.05) is 33.6 Å². The van der Waals surface area contributed by atoms with Crippen molar-refractivity contribution in [3.63, 3.8) is 0 Å². The molecular formula is C57H73N11O13. The van der Waals surface area contributed by atoms with Crippen molar-refractivity contribution in [2.24, 2.45) is 23.7 Å². The van der Waals surface area contributed by atoms with Crippen LogP contribution in [0.1, 0.15) is 89.2 Å². The standard InChI is InChI=1S/C57H73N11O13/c1-29(2)31(5)46-56(78)80-27-40(63-48(70)39-26-58-37-21-15-16-22-38(37)61-39)49(71)59-33(7)52(74)65(9)42-23-17-18-24-43(54(76)67(46)11)66(10)53(75)34(8)60-50(72)41(28-81-57(79)47(32(6)30(3)4)68(12)55(42)77)64-51(73)45-44(69)25-35-19-13-14-20-36(35)62-45/h13-22,25-26,29-34,40-43,46-47,69H,23-24,27-28H2,1-12H3,(H,59,71)(H,60,72)(H,63,70)(H,64,73)/b18-17-/t31?,32?,33-,34-,40+,41+,42-,43-,46-,47-/m0/s1. The second-order valence-corrected chi connectivity index (χ2v) is 21.4. The van der Waals surface area contributed by atoms with Crippen molar-refractivity contribution in [3.8, 4) is 5.75 Å². The molecule has 5 N–H and O–H groups in total. The number of pyridine rings is 1. The van der Waals surface area contributed by atoms with Crippen LogP contribution in [0, 0.1) is 23.7 Å². The van der Waals surface area contributed by atoms with Crippen LogP contribution < -0.4 is 21.3 Å². The first kappa shape index (κ1) is 61.6. The molecule has 2 unspecified atom stereocenters. The molecule has 8 amide bonds. The lowest BCUT2D eigenvalue weighted by Gasteiger charge is -2.38. The van der Waals surface area contributed by atoms with E-state index in [1.165, 1.54) is 66.5 Å². The highest BCUT2D eigenvalue weighted by molar-refractivity contribution is 6.02. The molecule has 4 aromatic rings. The molecule has 2 aromatic heterocycles. The molecule has 81 heavy (non-hydrogen) atoms. The predicted molar refractivity (Wildman–Crippen MR) is 295 cm³/mol. The maximum absolute atomic E-state index is 15.1. The van der Waals surface area contributed by atoms with Crippen LogP contribution in [0.15, 0.2) is 72.9 Å². The summed E-state index contributed by atoms with van der Waals surface area (Å²) in [7, 11) is 5.33. The van der Waals surface area contributed by atoms with E-state index in [0.29, 0.717) is 21.9 Å². The first-order valence-electron chi connectivity index (χ1n) is 26.8. The number of nitrogens with zero attached hydrogens (tertiary/aromatic N) is 7. The van der Waals surface area contributed by atoms with Crippen molar-refractivity contribution in [3.05, 3.63) is 84.3 Å². The highest BCUT2D eigenvalue weighted by atomic mass is 16.5. The van der Waals surface area contributed by atoms with Crippen LogP contribution in [0.25, 0.3) is 21.9 Å². The van der Waals surface area contributed by atoms with Crippen molar-refractivity contribution in [2.45, 2.75) is 117 Å². The molecule has 2 bridgehead atoms. The van der Waals surface area contributed by atoms with Crippen LogP contribution in [-0.4, -0.2) is 189 Å². The second kappa shape index (κ2) is 26.6.